The Kier molecular flexibility index (Phi) is 5.43. The van der Waals surface area contributed by atoms with Crippen molar-refractivity contribution >= 4 is 33.2 Å². The van der Waals surface area contributed by atoms with E-state index in [-0.39, 0.29) is 9.77 Å². The molecule has 0 spiro atoms. The van der Waals surface area contributed by atoms with Crippen molar-refractivity contribution in [3.05, 3.63) is 16.3 Å². The summed E-state index contributed by atoms with van der Waals surface area (Å²) < 4.78 is 26.6. The van der Waals surface area contributed by atoms with Crippen molar-refractivity contribution in [1.82, 2.24) is 9.62 Å². The predicted molar refractivity (Wildman–Crippen MR) is 86.0 cm³/mol. The van der Waals surface area contributed by atoms with Gasteiger partial charge >= 0.3 is 5.97 Å². The number of nitrogens with one attached hydrogen (secondary N) is 1. The molecule has 1 fully saturated rings. The van der Waals surface area contributed by atoms with E-state index in [9.17, 15) is 18.0 Å². The van der Waals surface area contributed by atoms with Crippen molar-refractivity contribution in [2.24, 2.45) is 5.92 Å². The summed E-state index contributed by atoms with van der Waals surface area (Å²) in [5, 5.41) is 13.1. The smallest absolute Gasteiger partial charge is 0.308 e. The van der Waals surface area contributed by atoms with Gasteiger partial charge in [0, 0.05) is 19.1 Å². The van der Waals surface area contributed by atoms with Gasteiger partial charge in [0.05, 0.1) is 5.92 Å². The van der Waals surface area contributed by atoms with E-state index in [0.717, 1.165) is 24.2 Å². The zero-order valence-corrected chi connectivity index (χ0v) is 14.6. The standard InChI is InChI=1S/C14H20N2O5S2/c1-9(14(18)19)10(2)15-13(17)12-11(5-8-22-12)23(20,21)16-6-3-4-7-16/h5,8-10H,3-4,6-7H2,1-2H3,(H,15,17)(H,18,19). The zero-order chi connectivity index (χ0) is 17.2. The number of rotatable bonds is 6. The lowest BCUT2D eigenvalue weighted by molar-refractivity contribution is -0.141. The van der Waals surface area contributed by atoms with Crippen molar-refractivity contribution in [1.29, 1.82) is 0 Å². The van der Waals surface area contributed by atoms with Crippen molar-refractivity contribution in [2.45, 2.75) is 37.6 Å². The summed E-state index contributed by atoms with van der Waals surface area (Å²) in [6.45, 7) is 4.00. The van der Waals surface area contributed by atoms with Crippen LogP contribution in [0.3, 0.4) is 0 Å². The lowest BCUT2D eigenvalue weighted by Gasteiger charge is -2.19. The van der Waals surface area contributed by atoms with Crippen LogP contribution < -0.4 is 5.32 Å². The summed E-state index contributed by atoms with van der Waals surface area (Å²) in [5.41, 5.74) is 0. The van der Waals surface area contributed by atoms with Crippen LogP contribution in [0.2, 0.25) is 0 Å². The van der Waals surface area contributed by atoms with Crippen molar-refractivity contribution in [2.75, 3.05) is 13.1 Å². The second kappa shape index (κ2) is 6.98. The topological polar surface area (TPSA) is 104 Å². The van der Waals surface area contributed by atoms with Gasteiger partial charge in [-0.1, -0.05) is 0 Å². The van der Waals surface area contributed by atoms with E-state index in [1.807, 2.05) is 0 Å². The van der Waals surface area contributed by atoms with Crippen molar-refractivity contribution in [3.8, 4) is 0 Å². The average Bonchev–Trinajstić information content (AvgIpc) is 3.17. The summed E-state index contributed by atoms with van der Waals surface area (Å²) >= 11 is 1.04. The van der Waals surface area contributed by atoms with Crippen LogP contribution in [0, 0.1) is 5.92 Å². The van der Waals surface area contributed by atoms with Crippen LogP contribution >= 0.6 is 11.3 Å². The molecule has 1 aliphatic heterocycles. The molecule has 2 heterocycles. The first kappa shape index (κ1) is 17.9. The van der Waals surface area contributed by atoms with Crippen LogP contribution in [0.15, 0.2) is 16.3 Å². The van der Waals surface area contributed by atoms with Gasteiger partial charge in [-0.25, -0.2) is 8.42 Å². The minimum Gasteiger partial charge on any atom is -0.481 e. The molecule has 0 aliphatic carbocycles. The highest BCUT2D eigenvalue weighted by Crippen LogP contribution is 2.27. The van der Waals surface area contributed by atoms with Gasteiger partial charge in [-0.05, 0) is 38.1 Å². The summed E-state index contributed by atoms with van der Waals surface area (Å²) in [6.07, 6.45) is 1.64. The SMILES string of the molecule is CC(NC(=O)c1sccc1S(=O)(=O)N1CCCC1)C(C)C(=O)O. The Hall–Kier alpha value is -1.45. The molecule has 2 N–H and O–H groups in total. The molecule has 1 amide bonds. The average molecular weight is 360 g/mol. The third kappa shape index (κ3) is 3.73. The van der Waals surface area contributed by atoms with Crippen LogP contribution in [0.1, 0.15) is 36.4 Å². The van der Waals surface area contributed by atoms with Gasteiger partial charge in [0.25, 0.3) is 5.91 Å². The Labute approximate surface area is 139 Å². The van der Waals surface area contributed by atoms with Gasteiger partial charge in [0.2, 0.25) is 10.0 Å². The van der Waals surface area contributed by atoms with E-state index < -0.39 is 33.9 Å². The first-order valence-electron chi connectivity index (χ1n) is 7.36. The molecule has 1 saturated heterocycles. The van der Waals surface area contributed by atoms with E-state index in [1.54, 1.807) is 12.3 Å². The minimum atomic E-state index is -3.68. The number of aliphatic carboxylic acids is 1. The van der Waals surface area contributed by atoms with Crippen LogP contribution in [0.4, 0.5) is 0 Å². The van der Waals surface area contributed by atoms with Gasteiger partial charge in [0.1, 0.15) is 9.77 Å². The Balaban J connectivity index is 2.20. The van der Waals surface area contributed by atoms with E-state index in [1.165, 1.54) is 17.3 Å². The maximum Gasteiger partial charge on any atom is 0.308 e. The van der Waals surface area contributed by atoms with Gasteiger partial charge in [0.15, 0.2) is 0 Å². The summed E-state index contributed by atoms with van der Waals surface area (Å²) in [6, 6.07) is 0.822. The van der Waals surface area contributed by atoms with Gasteiger partial charge in [-0.15, -0.1) is 11.3 Å². The summed E-state index contributed by atoms with van der Waals surface area (Å²) in [4.78, 5) is 23.4. The van der Waals surface area contributed by atoms with E-state index in [0.29, 0.717) is 13.1 Å². The number of carbonyl (C=O) groups excluding carboxylic acids is 1. The molecule has 128 valence electrons. The molecular weight excluding hydrogens is 340 g/mol. The molecule has 23 heavy (non-hydrogen) atoms. The molecule has 1 aromatic rings. The van der Waals surface area contributed by atoms with Crippen LogP contribution in [-0.4, -0.2) is 48.8 Å². The minimum absolute atomic E-state index is 0.00271. The lowest BCUT2D eigenvalue weighted by atomic mass is 10.0. The molecule has 2 atom stereocenters. The molecule has 0 saturated carbocycles. The van der Waals surface area contributed by atoms with E-state index >= 15 is 0 Å². The maximum atomic E-state index is 12.6. The molecule has 0 bridgehead atoms. The van der Waals surface area contributed by atoms with Crippen LogP contribution in [-0.2, 0) is 14.8 Å². The highest BCUT2D eigenvalue weighted by atomic mass is 32.2. The molecule has 9 heteroatoms. The molecule has 1 aromatic heterocycles. The monoisotopic (exact) mass is 360 g/mol. The fourth-order valence-electron chi connectivity index (χ4n) is 2.34. The number of sulfonamides is 1. The molecular formula is C14H20N2O5S2. The van der Waals surface area contributed by atoms with Crippen molar-refractivity contribution in [3.63, 3.8) is 0 Å². The number of hydrogen-bond donors (Lipinski definition) is 2. The third-order valence-corrected chi connectivity index (χ3v) is 7.00. The van der Waals surface area contributed by atoms with E-state index in [2.05, 4.69) is 5.32 Å². The zero-order valence-electron chi connectivity index (χ0n) is 13.0. The Morgan fingerprint density at radius 1 is 1.30 bits per heavy atom. The highest BCUT2D eigenvalue weighted by Gasteiger charge is 2.32. The Bertz CT molecular complexity index is 692. The first-order chi connectivity index (χ1) is 10.7. The number of nitrogens with zero attached hydrogens (tertiary/aromatic N) is 1. The number of carboxylic acid groups (broad SMARTS) is 1. The quantitative estimate of drug-likeness (QED) is 0.797. The predicted octanol–water partition coefficient (Wildman–Crippen LogP) is 1.37. The number of carboxylic acids is 1. The van der Waals surface area contributed by atoms with Gasteiger partial charge in [-0.3, -0.25) is 9.59 Å². The molecule has 7 nitrogen and oxygen atoms in total. The van der Waals surface area contributed by atoms with Crippen LogP contribution in [0.25, 0.3) is 0 Å². The lowest BCUT2D eigenvalue weighted by Crippen LogP contribution is -2.40. The maximum absolute atomic E-state index is 12.6. The first-order valence-corrected chi connectivity index (χ1v) is 9.68. The summed E-state index contributed by atoms with van der Waals surface area (Å²) in [5.74, 6) is -2.34. The Morgan fingerprint density at radius 2 is 1.91 bits per heavy atom. The largest absolute Gasteiger partial charge is 0.481 e. The van der Waals surface area contributed by atoms with Crippen LogP contribution in [0.5, 0.6) is 0 Å². The van der Waals surface area contributed by atoms with Crippen molar-refractivity contribution < 1.29 is 23.1 Å². The highest BCUT2D eigenvalue weighted by molar-refractivity contribution is 7.89. The molecule has 2 unspecified atom stereocenters. The molecule has 0 aromatic carbocycles. The van der Waals surface area contributed by atoms with Gasteiger partial charge in [-0.2, -0.15) is 4.31 Å². The molecule has 1 aliphatic rings. The second-order valence-corrected chi connectivity index (χ2v) is 8.44. The number of thiophene rings is 1. The van der Waals surface area contributed by atoms with Gasteiger partial charge < -0.3 is 10.4 Å². The second-order valence-electron chi connectivity index (χ2n) is 5.61. The normalized spacial score (nSPS) is 18.5. The number of carbonyl (C=O) groups is 2. The molecule has 2 rings (SSSR count). The molecule has 0 radical (unpaired) electrons. The fourth-order valence-corrected chi connectivity index (χ4v) is 5.17. The van der Waals surface area contributed by atoms with E-state index in [4.69, 9.17) is 5.11 Å². The Morgan fingerprint density at radius 3 is 2.48 bits per heavy atom. The number of amides is 1. The summed E-state index contributed by atoms with van der Waals surface area (Å²) in [7, 11) is -3.68. The third-order valence-electron chi connectivity index (χ3n) is 4.02. The number of hydrogen-bond acceptors (Lipinski definition) is 5. The fraction of sp³-hybridized carbons (Fsp3) is 0.571.